The lowest BCUT2D eigenvalue weighted by molar-refractivity contribution is -0.161. The number of esters is 4. The summed E-state index contributed by atoms with van der Waals surface area (Å²) in [6.07, 6.45) is 51.9. The topological polar surface area (TPSA) is 237 Å². The van der Waals surface area contributed by atoms with Gasteiger partial charge in [-0.3, -0.25) is 37.3 Å². The lowest BCUT2D eigenvalue weighted by Crippen LogP contribution is -2.30. The van der Waals surface area contributed by atoms with Crippen molar-refractivity contribution in [1.29, 1.82) is 0 Å². The molecule has 0 saturated heterocycles. The number of unbranched alkanes of at least 4 members (excludes halogenated alkanes) is 31. The number of hydrogen-bond donors (Lipinski definition) is 3. The summed E-state index contributed by atoms with van der Waals surface area (Å²) in [6, 6.07) is 0. The van der Waals surface area contributed by atoms with Crippen LogP contribution in [0, 0.1) is 0 Å². The first kappa shape index (κ1) is 82.0. The van der Waals surface area contributed by atoms with Crippen LogP contribution in [0.2, 0.25) is 0 Å². The molecule has 17 nitrogen and oxygen atoms in total. The van der Waals surface area contributed by atoms with E-state index >= 15 is 0 Å². The van der Waals surface area contributed by atoms with Crippen molar-refractivity contribution >= 4 is 39.5 Å². The van der Waals surface area contributed by atoms with Crippen LogP contribution in [0.5, 0.6) is 0 Å². The maximum Gasteiger partial charge on any atom is 0.472 e. The summed E-state index contributed by atoms with van der Waals surface area (Å²) >= 11 is 0. The number of carbonyl (C=O) groups excluding carboxylic acids is 4. The fourth-order valence-corrected chi connectivity index (χ4v) is 10.5. The highest BCUT2D eigenvalue weighted by atomic mass is 31.2. The molecule has 496 valence electrons. The zero-order valence-electron chi connectivity index (χ0n) is 53.5. The molecule has 0 bridgehead atoms. The summed E-state index contributed by atoms with van der Waals surface area (Å²) in [5.74, 6) is -2.20. The van der Waals surface area contributed by atoms with Crippen molar-refractivity contribution < 1.29 is 80.2 Å². The quantitative estimate of drug-likeness (QED) is 0.0169. The first-order valence-electron chi connectivity index (χ1n) is 33.4. The zero-order valence-corrected chi connectivity index (χ0v) is 55.3. The van der Waals surface area contributed by atoms with Crippen LogP contribution in [-0.4, -0.2) is 96.7 Å². The molecule has 0 aromatic heterocycles. The Bertz CT molecular complexity index is 1820. The Morgan fingerprint density at radius 1 is 0.329 bits per heavy atom. The molecule has 2 unspecified atom stereocenters. The van der Waals surface area contributed by atoms with Crippen LogP contribution < -0.4 is 0 Å². The zero-order chi connectivity index (χ0) is 62.6. The van der Waals surface area contributed by atoms with E-state index in [1.54, 1.807) is 0 Å². The van der Waals surface area contributed by atoms with Crippen LogP contribution in [0.3, 0.4) is 0 Å². The normalized spacial score (nSPS) is 14.5. The molecule has 5 atom stereocenters. The van der Waals surface area contributed by atoms with E-state index in [9.17, 15) is 43.2 Å². The summed E-state index contributed by atoms with van der Waals surface area (Å²) in [4.78, 5) is 72.0. The van der Waals surface area contributed by atoms with Gasteiger partial charge in [0.25, 0.3) is 0 Å². The number of hydrogen-bond acceptors (Lipinski definition) is 15. The van der Waals surface area contributed by atoms with Crippen LogP contribution in [-0.2, 0) is 65.4 Å². The Labute approximate surface area is 515 Å². The van der Waals surface area contributed by atoms with Gasteiger partial charge in [-0.05, 0) is 77.0 Å². The average Bonchev–Trinajstić information content (AvgIpc) is 3.53. The molecule has 0 radical (unpaired) electrons. The Morgan fingerprint density at radius 2 is 0.565 bits per heavy atom. The lowest BCUT2D eigenvalue weighted by Gasteiger charge is -2.21. The molecule has 0 spiro atoms. The lowest BCUT2D eigenvalue weighted by atomic mass is 10.1. The molecular formula is C66H120O17P2. The molecule has 0 rings (SSSR count). The van der Waals surface area contributed by atoms with Crippen LogP contribution in [0.25, 0.3) is 0 Å². The molecule has 3 N–H and O–H groups in total. The molecule has 0 aliphatic heterocycles. The molecule has 0 amide bonds. The van der Waals surface area contributed by atoms with Gasteiger partial charge in [-0.15, -0.1) is 0 Å². The largest absolute Gasteiger partial charge is 0.472 e. The molecule has 0 saturated carbocycles. The van der Waals surface area contributed by atoms with E-state index in [4.69, 9.17) is 37.0 Å². The van der Waals surface area contributed by atoms with Crippen molar-refractivity contribution in [3.05, 3.63) is 48.6 Å². The highest BCUT2D eigenvalue weighted by Gasteiger charge is 2.30. The van der Waals surface area contributed by atoms with Crippen molar-refractivity contribution in [2.75, 3.05) is 39.6 Å². The third-order valence-corrected chi connectivity index (χ3v) is 16.0. The van der Waals surface area contributed by atoms with Crippen molar-refractivity contribution in [3.63, 3.8) is 0 Å². The minimum absolute atomic E-state index is 0.0782. The average molecular weight is 1250 g/mol. The van der Waals surface area contributed by atoms with Gasteiger partial charge in [0, 0.05) is 25.7 Å². The summed E-state index contributed by atoms with van der Waals surface area (Å²) < 4.78 is 67.8. The maximum absolute atomic E-state index is 13.0. The van der Waals surface area contributed by atoms with Gasteiger partial charge in [0.15, 0.2) is 12.2 Å². The molecule has 19 heteroatoms. The second-order valence-corrected chi connectivity index (χ2v) is 25.4. The third kappa shape index (κ3) is 59.7. The minimum atomic E-state index is -4.96. The summed E-state index contributed by atoms with van der Waals surface area (Å²) in [7, 11) is -9.90. The Kier molecular flexibility index (Phi) is 57.9. The number of allylic oxidation sites excluding steroid dienone is 8. The van der Waals surface area contributed by atoms with E-state index in [0.29, 0.717) is 25.7 Å². The van der Waals surface area contributed by atoms with E-state index in [1.807, 2.05) is 0 Å². The second-order valence-electron chi connectivity index (χ2n) is 22.5. The summed E-state index contributed by atoms with van der Waals surface area (Å²) in [6.45, 7) is 4.68. The second kappa shape index (κ2) is 60.0. The standard InChI is InChI=1S/C66H120O17P2/c1-5-9-13-17-20-23-26-28-30-32-34-37-39-43-47-51-64(69)77-57-62(83-66(71)53-49-45-41-38-35-33-31-29-27-24-21-18-14-10-6-2)59-81-85(74,75)79-55-60(67)54-78-84(72,73)80-58-61(56-76-63(68)50-46-42-16-12-8-4)82-65(70)52-48-44-40-36-25-22-19-15-11-7-3/h23-24,26-31,60-62,67H,5-22,25,32-59H2,1-4H3,(H,72,73)(H,74,75)/b26-23-,27-24-,30-28-,31-29-/t60-,61+,62+/m0/s1. The van der Waals surface area contributed by atoms with Crippen molar-refractivity contribution in [2.24, 2.45) is 0 Å². The SMILES string of the molecule is CCCCCC/C=C\C=C/CCCCCCCC(=O)OC[C@H](COP(=O)(O)OC[C@@H](O)COP(=O)(O)OC[C@@H](COC(=O)CCCCCCC)OC(=O)CCCCCCCCCCCC)OC(=O)CCCCCCC/C=C\C=C/CCCCCC. The van der Waals surface area contributed by atoms with Crippen molar-refractivity contribution in [2.45, 2.75) is 309 Å². The molecule has 85 heavy (non-hydrogen) atoms. The Balaban J connectivity index is 5.25. The van der Waals surface area contributed by atoms with Gasteiger partial charge >= 0.3 is 39.5 Å². The predicted octanol–water partition coefficient (Wildman–Crippen LogP) is 17.8. The Morgan fingerprint density at radius 3 is 0.859 bits per heavy atom. The smallest absolute Gasteiger partial charge is 0.462 e. The first-order chi connectivity index (χ1) is 41.2. The van der Waals surface area contributed by atoms with Crippen molar-refractivity contribution in [1.82, 2.24) is 0 Å². The van der Waals surface area contributed by atoms with Crippen LogP contribution >= 0.6 is 15.6 Å². The molecule has 0 aliphatic rings. The predicted molar refractivity (Wildman–Crippen MR) is 340 cm³/mol. The van der Waals surface area contributed by atoms with Crippen LogP contribution in [0.4, 0.5) is 0 Å². The van der Waals surface area contributed by atoms with Gasteiger partial charge in [-0.2, -0.15) is 0 Å². The molecule has 0 aliphatic carbocycles. The highest BCUT2D eigenvalue weighted by Crippen LogP contribution is 2.45. The van der Waals surface area contributed by atoms with E-state index in [-0.39, 0.29) is 25.7 Å². The number of rotatable bonds is 63. The highest BCUT2D eigenvalue weighted by molar-refractivity contribution is 7.47. The summed E-state index contributed by atoms with van der Waals surface area (Å²) in [5.41, 5.74) is 0. The number of ether oxygens (including phenoxy) is 4. The molecule has 0 heterocycles. The molecular weight excluding hydrogens is 1130 g/mol. The molecule has 0 aromatic carbocycles. The van der Waals surface area contributed by atoms with Crippen molar-refractivity contribution in [3.8, 4) is 0 Å². The summed E-state index contributed by atoms with van der Waals surface area (Å²) in [5, 5.41) is 10.5. The van der Waals surface area contributed by atoms with Gasteiger partial charge in [-0.25, -0.2) is 9.13 Å². The van der Waals surface area contributed by atoms with E-state index in [0.717, 1.165) is 128 Å². The molecule has 0 aromatic rings. The van der Waals surface area contributed by atoms with Gasteiger partial charge in [0.1, 0.15) is 19.3 Å². The maximum atomic E-state index is 13.0. The number of phosphoric acid groups is 2. The van der Waals surface area contributed by atoms with E-state index in [2.05, 4.69) is 76.3 Å². The van der Waals surface area contributed by atoms with Crippen LogP contribution in [0.15, 0.2) is 48.6 Å². The number of aliphatic hydroxyl groups is 1. The number of carbonyl (C=O) groups is 4. The monoisotopic (exact) mass is 1250 g/mol. The number of phosphoric ester groups is 2. The van der Waals surface area contributed by atoms with Gasteiger partial charge in [0.2, 0.25) is 0 Å². The number of aliphatic hydroxyl groups excluding tert-OH is 1. The van der Waals surface area contributed by atoms with Gasteiger partial charge in [0.05, 0.1) is 26.4 Å². The molecule has 0 fully saturated rings. The fourth-order valence-electron chi connectivity index (χ4n) is 8.91. The Hall–Kier alpha value is -2.98. The van der Waals surface area contributed by atoms with Gasteiger partial charge < -0.3 is 33.8 Å². The fraction of sp³-hybridized carbons (Fsp3) is 0.818. The minimum Gasteiger partial charge on any atom is -0.462 e. The first-order valence-corrected chi connectivity index (χ1v) is 36.4. The van der Waals surface area contributed by atoms with E-state index < -0.39 is 97.5 Å². The van der Waals surface area contributed by atoms with E-state index in [1.165, 1.54) is 83.5 Å². The van der Waals surface area contributed by atoms with Crippen LogP contribution in [0.1, 0.15) is 291 Å². The van der Waals surface area contributed by atoms with Gasteiger partial charge in [-0.1, -0.05) is 237 Å². The third-order valence-electron chi connectivity index (χ3n) is 14.1.